The van der Waals surface area contributed by atoms with Crippen molar-refractivity contribution in [1.29, 1.82) is 0 Å². The van der Waals surface area contributed by atoms with Gasteiger partial charge >= 0.3 is 0 Å². The smallest absolute Gasteiger partial charge is 0.164 e. The molecule has 0 spiro atoms. The largest absolute Gasteiger partial charge is 0.387 e. The number of aliphatic hydroxyl groups is 2. The molecule has 9 nitrogen and oxygen atoms in total. The molecule has 3 aromatic heterocycles. The van der Waals surface area contributed by atoms with Gasteiger partial charge in [-0.1, -0.05) is 49.3 Å². The van der Waals surface area contributed by atoms with Crippen molar-refractivity contribution in [2.45, 2.75) is 50.1 Å². The Labute approximate surface area is 200 Å². The van der Waals surface area contributed by atoms with Crippen LogP contribution in [0.4, 0.5) is 5.82 Å². The number of aromatic nitrogens is 4. The number of nitrogen functional groups attached to an aromatic ring is 1. The average molecular weight is 482 g/mol. The van der Waals surface area contributed by atoms with Crippen molar-refractivity contribution >= 4 is 28.6 Å². The number of nitrogens with two attached hydrogens (primary N) is 1. The van der Waals surface area contributed by atoms with E-state index in [0.717, 1.165) is 22.6 Å². The Bertz CT molecular complexity index is 1280. The molecule has 1 aromatic carbocycles. The molecule has 1 saturated heterocycles. The molecule has 4 atom stereocenters. The van der Waals surface area contributed by atoms with E-state index >= 15 is 0 Å². The second kappa shape index (κ2) is 9.38. The Morgan fingerprint density at radius 1 is 1.12 bits per heavy atom. The zero-order valence-corrected chi connectivity index (χ0v) is 19.7. The van der Waals surface area contributed by atoms with Gasteiger partial charge in [0, 0.05) is 34.7 Å². The molecule has 34 heavy (non-hydrogen) atoms. The van der Waals surface area contributed by atoms with E-state index in [1.807, 2.05) is 30.3 Å². The fraction of sp³-hybridized carbons (Fsp3) is 0.375. The van der Waals surface area contributed by atoms with Crippen molar-refractivity contribution in [3.05, 3.63) is 60.2 Å². The molecule has 1 aliphatic heterocycles. The molecule has 1 fully saturated rings. The van der Waals surface area contributed by atoms with Gasteiger partial charge in [0.05, 0.1) is 11.5 Å². The first-order valence-electron chi connectivity index (χ1n) is 11.2. The summed E-state index contributed by atoms with van der Waals surface area (Å²) in [6.45, 7) is 4.15. The maximum absolute atomic E-state index is 10.7. The zero-order valence-electron chi connectivity index (χ0n) is 18.9. The molecule has 1 aliphatic rings. The lowest BCUT2D eigenvalue weighted by atomic mass is 10.0. The number of ether oxygens (including phenoxy) is 1. The van der Waals surface area contributed by atoms with Gasteiger partial charge in [0.25, 0.3) is 0 Å². The van der Waals surface area contributed by atoms with Crippen LogP contribution in [0.3, 0.4) is 0 Å². The Morgan fingerprint density at radius 2 is 1.91 bits per heavy atom. The van der Waals surface area contributed by atoms with Gasteiger partial charge < -0.3 is 29.8 Å². The number of hydrogen-bond donors (Lipinski definition) is 3. The highest BCUT2D eigenvalue weighted by molar-refractivity contribution is 7.98. The maximum atomic E-state index is 10.7. The van der Waals surface area contributed by atoms with Gasteiger partial charge in [-0.3, -0.25) is 0 Å². The summed E-state index contributed by atoms with van der Waals surface area (Å²) >= 11 is 1.61. The first-order valence-corrected chi connectivity index (χ1v) is 12.3. The van der Waals surface area contributed by atoms with Gasteiger partial charge in [-0.25, -0.2) is 9.97 Å². The van der Waals surface area contributed by atoms with E-state index in [4.69, 9.17) is 15.0 Å². The molecule has 4 heterocycles. The van der Waals surface area contributed by atoms with E-state index in [9.17, 15) is 10.2 Å². The summed E-state index contributed by atoms with van der Waals surface area (Å²) in [7, 11) is 0. The van der Waals surface area contributed by atoms with Gasteiger partial charge in [-0.05, 0) is 6.07 Å². The summed E-state index contributed by atoms with van der Waals surface area (Å²) in [4.78, 5) is 8.26. The van der Waals surface area contributed by atoms with Crippen molar-refractivity contribution in [2.24, 2.45) is 0 Å². The first-order chi connectivity index (χ1) is 16.5. The molecule has 0 amide bonds. The maximum Gasteiger partial charge on any atom is 0.164 e. The van der Waals surface area contributed by atoms with Crippen LogP contribution in [0, 0.1) is 0 Å². The van der Waals surface area contributed by atoms with Crippen LogP contribution in [0.5, 0.6) is 0 Å². The van der Waals surface area contributed by atoms with Crippen molar-refractivity contribution in [3.63, 3.8) is 0 Å². The Kier molecular flexibility index (Phi) is 6.30. The number of benzene rings is 1. The van der Waals surface area contributed by atoms with E-state index in [1.165, 1.54) is 6.33 Å². The fourth-order valence-corrected chi connectivity index (χ4v) is 5.42. The minimum absolute atomic E-state index is 0.191. The SMILES string of the molecule is CC(C)c1onc(-c2ccccc2)c1CSC[C@H]1O[C@@H](n2ccc3c(N)ncnc32)[C@H](O)[C@@H]1O. The predicted molar refractivity (Wildman–Crippen MR) is 130 cm³/mol. The Balaban J connectivity index is 1.31. The molecule has 4 N–H and O–H groups in total. The highest BCUT2D eigenvalue weighted by Gasteiger charge is 2.44. The van der Waals surface area contributed by atoms with Crippen LogP contribution < -0.4 is 5.73 Å². The lowest BCUT2D eigenvalue weighted by molar-refractivity contribution is -0.0285. The second-order valence-corrected chi connectivity index (χ2v) is 9.71. The third-order valence-electron chi connectivity index (χ3n) is 6.07. The minimum Gasteiger partial charge on any atom is -0.387 e. The summed E-state index contributed by atoms with van der Waals surface area (Å²) in [6.07, 6.45) is -0.342. The molecule has 0 aliphatic carbocycles. The summed E-state index contributed by atoms with van der Waals surface area (Å²) in [5, 5.41) is 26.4. The quantitative estimate of drug-likeness (QED) is 0.363. The van der Waals surface area contributed by atoms with E-state index in [2.05, 4.69) is 29.0 Å². The van der Waals surface area contributed by atoms with Crippen LogP contribution in [-0.2, 0) is 10.5 Å². The fourth-order valence-electron chi connectivity index (χ4n) is 4.31. The molecule has 178 valence electrons. The molecule has 0 radical (unpaired) electrons. The van der Waals surface area contributed by atoms with Crippen molar-refractivity contribution in [1.82, 2.24) is 19.7 Å². The van der Waals surface area contributed by atoms with Crippen LogP contribution in [0.2, 0.25) is 0 Å². The van der Waals surface area contributed by atoms with Crippen LogP contribution in [0.15, 0.2) is 53.4 Å². The number of anilines is 1. The van der Waals surface area contributed by atoms with Crippen LogP contribution in [-0.4, -0.2) is 54.0 Å². The Morgan fingerprint density at radius 3 is 2.68 bits per heavy atom. The summed E-state index contributed by atoms with van der Waals surface area (Å²) in [5.74, 6) is 2.53. The number of fused-ring (bicyclic) bond motifs is 1. The van der Waals surface area contributed by atoms with Crippen molar-refractivity contribution in [2.75, 3.05) is 11.5 Å². The highest BCUT2D eigenvalue weighted by Crippen LogP contribution is 2.36. The Hall–Kier alpha value is -2.92. The highest BCUT2D eigenvalue weighted by atomic mass is 32.2. The lowest BCUT2D eigenvalue weighted by Crippen LogP contribution is -2.32. The molecular formula is C24H27N5O4S. The van der Waals surface area contributed by atoms with Crippen LogP contribution >= 0.6 is 11.8 Å². The third-order valence-corrected chi connectivity index (χ3v) is 7.13. The average Bonchev–Trinajstić information content (AvgIpc) is 3.53. The van der Waals surface area contributed by atoms with E-state index in [-0.39, 0.29) is 5.92 Å². The van der Waals surface area contributed by atoms with Gasteiger partial charge in [0.15, 0.2) is 6.23 Å². The summed E-state index contributed by atoms with van der Waals surface area (Å²) in [6, 6.07) is 11.7. The number of hydrogen-bond acceptors (Lipinski definition) is 9. The summed E-state index contributed by atoms with van der Waals surface area (Å²) in [5.41, 5.74) is 9.35. The van der Waals surface area contributed by atoms with E-state index in [1.54, 1.807) is 28.6 Å². The topological polar surface area (TPSA) is 132 Å². The van der Waals surface area contributed by atoms with Gasteiger partial charge in [-0.15, -0.1) is 0 Å². The number of aliphatic hydroxyl groups excluding tert-OH is 2. The molecule has 4 aromatic rings. The van der Waals surface area contributed by atoms with Crippen LogP contribution in [0.25, 0.3) is 22.3 Å². The first kappa shape index (κ1) is 22.9. The second-order valence-electron chi connectivity index (χ2n) is 8.68. The van der Waals surface area contributed by atoms with Gasteiger partial charge in [-0.2, -0.15) is 11.8 Å². The van der Waals surface area contributed by atoms with Crippen molar-refractivity contribution < 1.29 is 19.5 Å². The minimum atomic E-state index is -1.10. The van der Waals surface area contributed by atoms with E-state index < -0.39 is 24.5 Å². The van der Waals surface area contributed by atoms with Crippen LogP contribution in [0.1, 0.15) is 37.3 Å². The standard InChI is InChI=1S/C24H27N5O4S/c1-13(2)21-16(18(28-33-21)14-6-4-3-5-7-14)10-34-11-17-19(30)20(31)24(32-17)29-9-8-15-22(25)26-12-27-23(15)29/h3-9,12-13,17,19-20,24,30-31H,10-11H2,1-2H3,(H2,25,26,27)/t17-,19-,20-,24-/m1/s1. The molecule has 0 unspecified atom stereocenters. The number of nitrogens with zero attached hydrogens (tertiary/aromatic N) is 4. The van der Waals surface area contributed by atoms with Gasteiger partial charge in [0.1, 0.15) is 41.5 Å². The lowest BCUT2D eigenvalue weighted by Gasteiger charge is -2.17. The van der Waals surface area contributed by atoms with E-state index in [0.29, 0.717) is 28.4 Å². The third kappa shape index (κ3) is 4.07. The molecule has 10 heteroatoms. The normalized spacial score (nSPS) is 22.7. The molecule has 0 saturated carbocycles. The number of rotatable bonds is 7. The number of thioether (sulfide) groups is 1. The predicted octanol–water partition coefficient (Wildman–Crippen LogP) is 3.34. The molecule has 0 bridgehead atoms. The molecule has 5 rings (SSSR count). The summed E-state index contributed by atoms with van der Waals surface area (Å²) < 4.78 is 13.5. The molecular weight excluding hydrogens is 454 g/mol. The van der Waals surface area contributed by atoms with Crippen molar-refractivity contribution in [3.8, 4) is 11.3 Å². The monoisotopic (exact) mass is 481 g/mol. The van der Waals surface area contributed by atoms with Gasteiger partial charge in [0.2, 0.25) is 0 Å². The zero-order chi connectivity index (χ0) is 23.8.